The Bertz CT molecular complexity index is 1090. The van der Waals surface area contributed by atoms with Gasteiger partial charge in [0.15, 0.2) is 0 Å². The Labute approximate surface area is 168 Å². The molecule has 1 aliphatic rings. The van der Waals surface area contributed by atoms with E-state index in [4.69, 9.17) is 4.52 Å². The van der Waals surface area contributed by atoms with Crippen molar-refractivity contribution in [1.29, 1.82) is 0 Å². The lowest BCUT2D eigenvalue weighted by atomic mass is 10.1. The van der Waals surface area contributed by atoms with Crippen molar-refractivity contribution in [2.45, 2.75) is 27.2 Å². The SMILES string of the molecule is Cc1nc(-c2cccc(NC(=O)[C@H]3CC(=O)N(c4ccc(C)c(C)c4)C3)c2)no1. The highest BCUT2D eigenvalue weighted by Crippen LogP contribution is 2.28. The molecule has 148 valence electrons. The summed E-state index contributed by atoms with van der Waals surface area (Å²) < 4.78 is 5.01. The maximum absolute atomic E-state index is 12.8. The van der Waals surface area contributed by atoms with Crippen LogP contribution in [0.3, 0.4) is 0 Å². The van der Waals surface area contributed by atoms with Crippen molar-refractivity contribution < 1.29 is 14.1 Å². The lowest BCUT2D eigenvalue weighted by Crippen LogP contribution is -2.28. The third-order valence-corrected chi connectivity index (χ3v) is 5.21. The van der Waals surface area contributed by atoms with Gasteiger partial charge in [0.25, 0.3) is 0 Å². The first-order valence-electron chi connectivity index (χ1n) is 9.50. The molecule has 3 aromatic rings. The van der Waals surface area contributed by atoms with Crippen LogP contribution >= 0.6 is 0 Å². The lowest BCUT2D eigenvalue weighted by molar-refractivity contribution is -0.122. The Morgan fingerprint density at radius 3 is 2.69 bits per heavy atom. The normalized spacial score (nSPS) is 16.3. The van der Waals surface area contributed by atoms with Crippen molar-refractivity contribution in [3.05, 3.63) is 59.5 Å². The van der Waals surface area contributed by atoms with Gasteiger partial charge in [0, 0.05) is 36.8 Å². The predicted octanol–water partition coefficient (Wildman–Crippen LogP) is 3.65. The Balaban J connectivity index is 1.47. The first-order chi connectivity index (χ1) is 13.9. The molecule has 29 heavy (non-hydrogen) atoms. The van der Waals surface area contributed by atoms with Crippen molar-refractivity contribution in [1.82, 2.24) is 10.1 Å². The molecule has 1 saturated heterocycles. The summed E-state index contributed by atoms with van der Waals surface area (Å²) in [5, 5.41) is 6.81. The van der Waals surface area contributed by atoms with Crippen LogP contribution in [0.25, 0.3) is 11.4 Å². The Morgan fingerprint density at radius 2 is 1.97 bits per heavy atom. The smallest absolute Gasteiger partial charge is 0.229 e. The molecule has 2 amide bonds. The molecule has 0 aliphatic carbocycles. The highest BCUT2D eigenvalue weighted by atomic mass is 16.5. The number of aromatic nitrogens is 2. The van der Waals surface area contributed by atoms with Gasteiger partial charge in [-0.15, -0.1) is 0 Å². The van der Waals surface area contributed by atoms with Crippen LogP contribution < -0.4 is 10.2 Å². The molecule has 1 aromatic heterocycles. The average Bonchev–Trinajstić information content (AvgIpc) is 3.30. The van der Waals surface area contributed by atoms with Gasteiger partial charge in [-0.1, -0.05) is 23.4 Å². The van der Waals surface area contributed by atoms with Gasteiger partial charge in [-0.3, -0.25) is 9.59 Å². The van der Waals surface area contributed by atoms with E-state index >= 15 is 0 Å². The summed E-state index contributed by atoms with van der Waals surface area (Å²) >= 11 is 0. The first kappa shape index (κ1) is 18.9. The van der Waals surface area contributed by atoms with E-state index < -0.39 is 5.92 Å². The van der Waals surface area contributed by atoms with Crippen LogP contribution in [0.5, 0.6) is 0 Å². The zero-order chi connectivity index (χ0) is 20.5. The molecule has 0 bridgehead atoms. The molecular weight excluding hydrogens is 368 g/mol. The zero-order valence-corrected chi connectivity index (χ0v) is 16.6. The molecular formula is C22H22N4O3. The fourth-order valence-corrected chi connectivity index (χ4v) is 3.42. The van der Waals surface area contributed by atoms with Crippen molar-refractivity contribution in [3.63, 3.8) is 0 Å². The standard InChI is InChI=1S/C22H22N4O3/c1-13-7-8-19(9-14(13)2)26-12-17(11-20(26)27)22(28)24-18-6-4-5-16(10-18)21-23-15(3)29-25-21/h4-10,17H,11-12H2,1-3H3,(H,24,28)/t17-/m0/s1. The highest BCUT2D eigenvalue weighted by molar-refractivity contribution is 6.03. The molecule has 4 rings (SSSR count). The molecule has 0 saturated carbocycles. The molecule has 1 atom stereocenters. The maximum atomic E-state index is 12.8. The van der Waals surface area contributed by atoms with Crippen LogP contribution in [-0.4, -0.2) is 28.5 Å². The van der Waals surface area contributed by atoms with E-state index in [1.807, 2.05) is 44.2 Å². The van der Waals surface area contributed by atoms with E-state index in [1.165, 1.54) is 5.56 Å². The molecule has 1 fully saturated rings. The van der Waals surface area contributed by atoms with Crippen molar-refractivity contribution in [3.8, 4) is 11.4 Å². The number of hydrogen-bond acceptors (Lipinski definition) is 5. The molecule has 0 spiro atoms. The minimum absolute atomic E-state index is 0.0376. The largest absolute Gasteiger partial charge is 0.339 e. The quantitative estimate of drug-likeness (QED) is 0.735. The van der Waals surface area contributed by atoms with E-state index in [-0.39, 0.29) is 18.2 Å². The van der Waals surface area contributed by atoms with Crippen LogP contribution in [0.1, 0.15) is 23.4 Å². The molecule has 1 N–H and O–H groups in total. The number of benzene rings is 2. The monoisotopic (exact) mass is 390 g/mol. The zero-order valence-electron chi connectivity index (χ0n) is 16.6. The van der Waals surface area contributed by atoms with Crippen molar-refractivity contribution >= 4 is 23.2 Å². The third kappa shape index (κ3) is 3.89. The number of nitrogens with zero attached hydrogens (tertiary/aromatic N) is 3. The topological polar surface area (TPSA) is 88.3 Å². The second-order valence-electron chi connectivity index (χ2n) is 7.38. The number of amides is 2. The summed E-state index contributed by atoms with van der Waals surface area (Å²) in [6.07, 6.45) is 0.197. The number of carbonyl (C=O) groups excluding carboxylic acids is 2. The summed E-state index contributed by atoms with van der Waals surface area (Å²) in [6, 6.07) is 13.2. The average molecular weight is 390 g/mol. The Kier molecular flexibility index (Phi) is 4.88. The second-order valence-corrected chi connectivity index (χ2v) is 7.38. The molecule has 7 nitrogen and oxygen atoms in total. The predicted molar refractivity (Wildman–Crippen MR) is 109 cm³/mol. The van der Waals surface area contributed by atoms with Gasteiger partial charge in [-0.2, -0.15) is 4.98 Å². The van der Waals surface area contributed by atoms with E-state index in [1.54, 1.807) is 24.0 Å². The van der Waals surface area contributed by atoms with Crippen LogP contribution in [0.15, 0.2) is 47.0 Å². The fraction of sp³-hybridized carbons (Fsp3) is 0.273. The number of rotatable bonds is 4. The van der Waals surface area contributed by atoms with Crippen molar-refractivity contribution in [2.75, 3.05) is 16.8 Å². The van der Waals surface area contributed by atoms with Gasteiger partial charge < -0.3 is 14.7 Å². The van der Waals surface area contributed by atoms with Crippen LogP contribution in [0.2, 0.25) is 0 Å². The lowest BCUT2D eigenvalue weighted by Gasteiger charge is -2.18. The number of nitrogens with one attached hydrogen (secondary N) is 1. The summed E-state index contributed by atoms with van der Waals surface area (Å²) in [5.41, 5.74) is 4.51. The molecule has 0 unspecified atom stereocenters. The summed E-state index contributed by atoms with van der Waals surface area (Å²) in [4.78, 5) is 31.2. The van der Waals surface area contributed by atoms with E-state index in [0.717, 1.165) is 16.8 Å². The summed E-state index contributed by atoms with van der Waals surface area (Å²) in [6.45, 7) is 6.14. The summed E-state index contributed by atoms with van der Waals surface area (Å²) in [7, 11) is 0. The molecule has 7 heteroatoms. The van der Waals surface area contributed by atoms with Gasteiger partial charge in [-0.25, -0.2) is 0 Å². The molecule has 2 heterocycles. The molecule has 0 radical (unpaired) electrons. The summed E-state index contributed by atoms with van der Waals surface area (Å²) in [5.74, 6) is 0.330. The van der Waals surface area contributed by atoms with Crippen molar-refractivity contribution in [2.24, 2.45) is 5.92 Å². The minimum atomic E-state index is -0.403. The Hall–Kier alpha value is -3.48. The van der Waals surface area contributed by atoms with Gasteiger partial charge >= 0.3 is 0 Å². The number of carbonyl (C=O) groups is 2. The van der Waals surface area contributed by atoms with Gasteiger partial charge in [-0.05, 0) is 49.2 Å². The van der Waals surface area contributed by atoms with Gasteiger partial charge in [0.2, 0.25) is 23.5 Å². The minimum Gasteiger partial charge on any atom is -0.339 e. The van der Waals surface area contributed by atoms with E-state index in [0.29, 0.717) is 23.9 Å². The first-order valence-corrected chi connectivity index (χ1v) is 9.50. The molecule has 2 aromatic carbocycles. The number of hydrogen-bond donors (Lipinski definition) is 1. The van der Waals surface area contributed by atoms with E-state index in [9.17, 15) is 9.59 Å². The maximum Gasteiger partial charge on any atom is 0.229 e. The fourth-order valence-electron chi connectivity index (χ4n) is 3.42. The third-order valence-electron chi connectivity index (χ3n) is 5.21. The molecule has 1 aliphatic heterocycles. The van der Waals surface area contributed by atoms with Gasteiger partial charge in [0.05, 0.1) is 5.92 Å². The highest BCUT2D eigenvalue weighted by Gasteiger charge is 2.35. The second kappa shape index (κ2) is 7.50. The van der Waals surface area contributed by atoms with E-state index in [2.05, 4.69) is 15.5 Å². The van der Waals surface area contributed by atoms with Crippen LogP contribution in [-0.2, 0) is 9.59 Å². The van der Waals surface area contributed by atoms with Gasteiger partial charge in [0.1, 0.15) is 0 Å². The Morgan fingerprint density at radius 1 is 1.14 bits per heavy atom. The van der Waals surface area contributed by atoms with Crippen LogP contribution in [0.4, 0.5) is 11.4 Å². The number of anilines is 2. The number of aryl methyl sites for hydroxylation is 3. The van der Waals surface area contributed by atoms with Crippen LogP contribution in [0, 0.1) is 26.7 Å².